The fourth-order valence-electron chi connectivity index (χ4n) is 4.32. The zero-order chi connectivity index (χ0) is 25.4. The Bertz CT molecular complexity index is 1750. The minimum Gasteiger partial charge on any atom is -0.338 e. The van der Waals surface area contributed by atoms with Crippen LogP contribution in [0.1, 0.15) is 26.2 Å². The molecule has 0 aromatic carbocycles. The van der Waals surface area contributed by atoms with E-state index in [0.717, 1.165) is 62.2 Å². The van der Waals surface area contributed by atoms with Gasteiger partial charge in [0.25, 0.3) is 0 Å². The van der Waals surface area contributed by atoms with E-state index in [1.807, 2.05) is 24.3 Å². The first-order chi connectivity index (χ1) is 18.1. The Balaban J connectivity index is 1.37. The third-order valence-electron chi connectivity index (χ3n) is 6.15. The third kappa shape index (κ3) is 4.47. The molecule has 0 aliphatic heterocycles. The number of hydrogen-bond acceptors (Lipinski definition) is 6. The highest BCUT2D eigenvalue weighted by molar-refractivity contribution is 7.14. The van der Waals surface area contributed by atoms with Crippen molar-refractivity contribution in [1.29, 1.82) is 0 Å². The lowest BCUT2D eigenvalue weighted by atomic mass is 10.1. The smallest absolute Gasteiger partial charge is 0.224 e. The van der Waals surface area contributed by atoms with Crippen molar-refractivity contribution in [3.05, 3.63) is 66.3 Å². The minimum absolute atomic E-state index is 0.0245. The molecule has 0 saturated carbocycles. The van der Waals surface area contributed by atoms with Gasteiger partial charge in [0.15, 0.2) is 10.8 Å². The van der Waals surface area contributed by atoms with Crippen LogP contribution in [0.5, 0.6) is 0 Å². The Morgan fingerprint density at radius 3 is 2.76 bits per heavy atom. The number of pyridine rings is 3. The summed E-state index contributed by atoms with van der Waals surface area (Å²) in [5.41, 5.74) is 6.02. The molecule has 1 amide bonds. The van der Waals surface area contributed by atoms with E-state index in [9.17, 15) is 9.18 Å². The topological polar surface area (TPSA) is 112 Å². The molecule has 6 rings (SSSR count). The van der Waals surface area contributed by atoms with E-state index in [1.54, 1.807) is 30.9 Å². The maximum absolute atomic E-state index is 13.7. The van der Waals surface area contributed by atoms with Gasteiger partial charge in [-0.2, -0.15) is 9.49 Å². The molecule has 0 bridgehead atoms. The summed E-state index contributed by atoms with van der Waals surface area (Å²) < 4.78 is 13.7. The fourth-order valence-corrected chi connectivity index (χ4v) is 5.09. The van der Waals surface area contributed by atoms with Crippen molar-refractivity contribution in [2.45, 2.75) is 26.2 Å². The molecule has 184 valence electrons. The molecule has 6 aromatic rings. The lowest BCUT2D eigenvalue weighted by molar-refractivity contribution is -0.116. The first kappa shape index (κ1) is 23.0. The first-order valence-electron chi connectivity index (χ1n) is 11.9. The Hall–Kier alpha value is -4.44. The van der Waals surface area contributed by atoms with Crippen molar-refractivity contribution in [2.75, 3.05) is 5.32 Å². The molecule has 0 unspecified atom stereocenters. The van der Waals surface area contributed by atoms with E-state index in [-0.39, 0.29) is 11.0 Å². The van der Waals surface area contributed by atoms with Crippen LogP contribution in [-0.2, 0) is 4.79 Å². The standard InChI is InChI=1S/C27H22FN7OS/c1-2-3-4-24(36)32-17-9-15(12-29-14-17)16-10-20-25(34-35-27(20)31-13-16)21-11-19-18(7-8-30-26(19)33-21)22-5-6-23(28)37-22/h5-14H,2-4H2,1H3,(H,30,33)(H,32,36)(H,31,34,35). The summed E-state index contributed by atoms with van der Waals surface area (Å²) >= 11 is 1.10. The van der Waals surface area contributed by atoms with Crippen LogP contribution >= 0.6 is 11.3 Å². The van der Waals surface area contributed by atoms with Crippen molar-refractivity contribution in [3.63, 3.8) is 0 Å². The number of fused-ring (bicyclic) bond motifs is 2. The second-order valence-electron chi connectivity index (χ2n) is 8.71. The number of thiophene rings is 1. The van der Waals surface area contributed by atoms with Crippen molar-refractivity contribution >= 4 is 45.0 Å². The molecule has 0 atom stereocenters. The van der Waals surface area contributed by atoms with E-state index in [1.165, 1.54) is 6.07 Å². The van der Waals surface area contributed by atoms with Gasteiger partial charge < -0.3 is 10.3 Å². The van der Waals surface area contributed by atoms with Gasteiger partial charge in [-0.15, -0.1) is 11.3 Å². The predicted octanol–water partition coefficient (Wildman–Crippen LogP) is 6.56. The summed E-state index contributed by atoms with van der Waals surface area (Å²) in [6.07, 6.45) is 9.12. The summed E-state index contributed by atoms with van der Waals surface area (Å²) in [5, 5.41) is 11.9. The highest BCUT2D eigenvalue weighted by Gasteiger charge is 2.16. The maximum Gasteiger partial charge on any atom is 0.224 e. The SMILES string of the molecule is CCCCC(=O)Nc1cncc(-c2cnc3[nH]nc(-c4cc5c(-c6ccc(F)s6)ccnc5[nH]4)c3c2)c1. The van der Waals surface area contributed by atoms with Crippen molar-refractivity contribution in [3.8, 4) is 33.0 Å². The number of halogens is 1. The Kier molecular flexibility index (Phi) is 5.93. The molecule has 0 saturated heterocycles. The molecule has 8 nitrogen and oxygen atoms in total. The van der Waals surface area contributed by atoms with Gasteiger partial charge in [0, 0.05) is 57.4 Å². The minimum atomic E-state index is -0.230. The molecular formula is C27H22FN7OS. The predicted molar refractivity (Wildman–Crippen MR) is 144 cm³/mol. The zero-order valence-corrected chi connectivity index (χ0v) is 20.7. The molecule has 0 spiro atoms. The van der Waals surface area contributed by atoms with Crippen LogP contribution in [0.3, 0.4) is 0 Å². The van der Waals surface area contributed by atoms with Gasteiger partial charge in [0.2, 0.25) is 5.91 Å². The van der Waals surface area contributed by atoms with Gasteiger partial charge in [-0.25, -0.2) is 9.97 Å². The van der Waals surface area contributed by atoms with Crippen LogP contribution in [0.4, 0.5) is 10.1 Å². The molecule has 6 heterocycles. The molecule has 37 heavy (non-hydrogen) atoms. The van der Waals surface area contributed by atoms with Crippen molar-refractivity contribution < 1.29 is 9.18 Å². The number of carbonyl (C=O) groups excluding carboxylic acids is 1. The van der Waals surface area contributed by atoms with Crippen LogP contribution in [0, 0.1) is 5.13 Å². The van der Waals surface area contributed by atoms with E-state index < -0.39 is 0 Å². The summed E-state index contributed by atoms with van der Waals surface area (Å²) in [6.45, 7) is 2.05. The molecule has 3 N–H and O–H groups in total. The summed E-state index contributed by atoms with van der Waals surface area (Å²) in [4.78, 5) is 29.7. The van der Waals surface area contributed by atoms with Gasteiger partial charge in [0.05, 0.1) is 17.6 Å². The zero-order valence-electron chi connectivity index (χ0n) is 19.9. The van der Waals surface area contributed by atoms with E-state index in [0.29, 0.717) is 29.1 Å². The number of aromatic amines is 2. The van der Waals surface area contributed by atoms with E-state index in [4.69, 9.17) is 0 Å². The lowest BCUT2D eigenvalue weighted by Gasteiger charge is -2.07. The monoisotopic (exact) mass is 511 g/mol. The number of hydrogen-bond donors (Lipinski definition) is 3. The number of H-pyrrole nitrogens is 2. The molecule has 10 heteroatoms. The maximum atomic E-state index is 13.7. The molecule has 0 aliphatic carbocycles. The molecule has 0 fully saturated rings. The molecule has 0 radical (unpaired) electrons. The average molecular weight is 512 g/mol. The number of rotatable bonds is 7. The number of carbonyl (C=O) groups is 1. The van der Waals surface area contributed by atoms with Crippen LogP contribution < -0.4 is 5.32 Å². The van der Waals surface area contributed by atoms with Gasteiger partial charge in [0.1, 0.15) is 11.3 Å². The molecule has 0 aliphatic rings. The summed E-state index contributed by atoms with van der Waals surface area (Å²) in [5.74, 6) is -0.0245. The van der Waals surface area contributed by atoms with E-state index in [2.05, 4.69) is 42.4 Å². The van der Waals surface area contributed by atoms with Crippen molar-refractivity contribution in [2.24, 2.45) is 0 Å². The van der Waals surface area contributed by atoms with E-state index >= 15 is 0 Å². The number of unbranched alkanes of at least 4 members (excludes halogenated alkanes) is 1. The second kappa shape index (κ2) is 9.55. The third-order valence-corrected chi connectivity index (χ3v) is 7.06. The van der Waals surface area contributed by atoms with Gasteiger partial charge in [-0.1, -0.05) is 13.3 Å². The Morgan fingerprint density at radius 2 is 1.92 bits per heavy atom. The summed E-state index contributed by atoms with van der Waals surface area (Å²) in [7, 11) is 0. The number of anilines is 1. The highest BCUT2D eigenvalue weighted by atomic mass is 32.1. The van der Waals surface area contributed by atoms with Gasteiger partial charge >= 0.3 is 0 Å². The van der Waals surface area contributed by atoms with Crippen LogP contribution in [0.25, 0.3) is 55.0 Å². The van der Waals surface area contributed by atoms with Crippen molar-refractivity contribution in [1.82, 2.24) is 30.1 Å². The fraction of sp³-hybridized carbons (Fsp3) is 0.148. The number of aromatic nitrogens is 6. The largest absolute Gasteiger partial charge is 0.338 e. The number of nitrogens with zero attached hydrogens (tertiary/aromatic N) is 4. The normalized spacial score (nSPS) is 11.4. The molecule has 6 aromatic heterocycles. The Morgan fingerprint density at radius 1 is 1.03 bits per heavy atom. The summed E-state index contributed by atoms with van der Waals surface area (Å²) in [6, 6.07) is 11.0. The van der Waals surface area contributed by atoms with Crippen LogP contribution in [0.15, 0.2) is 61.2 Å². The van der Waals surface area contributed by atoms with Gasteiger partial charge in [-0.05, 0) is 42.8 Å². The number of nitrogens with one attached hydrogen (secondary N) is 3. The molecular weight excluding hydrogens is 489 g/mol. The van der Waals surface area contributed by atoms with Crippen LogP contribution in [-0.4, -0.2) is 36.0 Å². The van der Waals surface area contributed by atoms with Crippen LogP contribution in [0.2, 0.25) is 0 Å². The lowest BCUT2D eigenvalue weighted by Crippen LogP contribution is -2.11. The number of amides is 1. The van der Waals surface area contributed by atoms with Gasteiger partial charge in [-0.3, -0.25) is 14.9 Å². The average Bonchev–Trinajstić information content (AvgIpc) is 3.64. The Labute approximate surface area is 215 Å². The highest BCUT2D eigenvalue weighted by Crippen LogP contribution is 2.36. The first-order valence-corrected chi connectivity index (χ1v) is 12.7. The second-order valence-corrected chi connectivity index (χ2v) is 9.75. The quantitative estimate of drug-likeness (QED) is 0.225.